The van der Waals surface area contributed by atoms with Crippen molar-refractivity contribution < 1.29 is 4.74 Å². The summed E-state index contributed by atoms with van der Waals surface area (Å²) >= 11 is 6.15. The van der Waals surface area contributed by atoms with Crippen molar-refractivity contribution in [3.05, 3.63) is 47.7 Å². The van der Waals surface area contributed by atoms with Crippen LogP contribution in [0.4, 0.5) is 5.69 Å². The average molecular weight is 274 g/mol. The number of benzene rings is 1. The van der Waals surface area contributed by atoms with Crippen LogP contribution < -0.4 is 10.5 Å². The molecule has 0 fully saturated rings. The van der Waals surface area contributed by atoms with Gasteiger partial charge in [0, 0.05) is 11.8 Å². The fourth-order valence-electron chi connectivity index (χ4n) is 2.06. The molecule has 0 amide bonds. The van der Waals surface area contributed by atoms with Gasteiger partial charge in [0.05, 0.1) is 12.8 Å². The lowest BCUT2D eigenvalue weighted by Crippen LogP contribution is -1.93. The summed E-state index contributed by atoms with van der Waals surface area (Å²) in [7, 11) is 1.64. The van der Waals surface area contributed by atoms with E-state index in [0.29, 0.717) is 10.8 Å². The summed E-state index contributed by atoms with van der Waals surface area (Å²) in [5, 5.41) is 0.406. The van der Waals surface area contributed by atoms with Crippen molar-refractivity contribution in [3.63, 3.8) is 0 Å². The maximum Gasteiger partial charge on any atom is 0.157 e. The molecule has 0 saturated heterocycles. The molecule has 0 saturated carbocycles. The Balaban J connectivity index is 2.22. The fourth-order valence-corrected chi connectivity index (χ4v) is 2.34. The molecule has 2 heterocycles. The van der Waals surface area contributed by atoms with E-state index in [1.165, 1.54) is 0 Å². The van der Waals surface area contributed by atoms with Gasteiger partial charge in [-0.25, -0.2) is 4.98 Å². The van der Waals surface area contributed by atoms with Crippen LogP contribution in [0.2, 0.25) is 5.15 Å². The highest BCUT2D eigenvalue weighted by Gasteiger charge is 2.13. The molecule has 96 valence electrons. The number of nitrogen functional groups attached to an aromatic ring is 1. The van der Waals surface area contributed by atoms with Gasteiger partial charge in [0.15, 0.2) is 5.15 Å². The van der Waals surface area contributed by atoms with E-state index in [9.17, 15) is 0 Å². The molecule has 0 atom stereocenters. The number of rotatable bonds is 2. The molecule has 0 unspecified atom stereocenters. The molecular weight excluding hydrogens is 262 g/mol. The zero-order valence-corrected chi connectivity index (χ0v) is 11.1. The van der Waals surface area contributed by atoms with Gasteiger partial charge in [-0.15, -0.1) is 0 Å². The Morgan fingerprint density at radius 2 is 1.95 bits per heavy atom. The number of methoxy groups -OCH3 is 1. The van der Waals surface area contributed by atoms with Crippen LogP contribution in [0.15, 0.2) is 42.6 Å². The zero-order valence-electron chi connectivity index (χ0n) is 10.3. The van der Waals surface area contributed by atoms with Crippen molar-refractivity contribution in [1.29, 1.82) is 0 Å². The molecule has 3 rings (SSSR count). The number of pyridine rings is 1. The Morgan fingerprint density at radius 1 is 1.21 bits per heavy atom. The van der Waals surface area contributed by atoms with E-state index in [1.807, 2.05) is 40.9 Å². The highest BCUT2D eigenvalue weighted by molar-refractivity contribution is 6.33. The minimum absolute atomic E-state index is 0.406. The Hall–Kier alpha value is -2.20. The third-order valence-electron chi connectivity index (χ3n) is 3.00. The smallest absolute Gasteiger partial charge is 0.157 e. The van der Waals surface area contributed by atoms with Crippen molar-refractivity contribution in [2.45, 2.75) is 0 Å². The van der Waals surface area contributed by atoms with Crippen LogP contribution in [0.3, 0.4) is 0 Å². The summed E-state index contributed by atoms with van der Waals surface area (Å²) in [5.41, 5.74) is 8.22. The number of imidazole rings is 1. The van der Waals surface area contributed by atoms with Gasteiger partial charge in [-0.05, 0) is 36.4 Å². The highest BCUT2D eigenvalue weighted by Crippen LogP contribution is 2.29. The molecular formula is C14H12ClN3O. The molecule has 1 aromatic carbocycles. The largest absolute Gasteiger partial charge is 0.497 e. The lowest BCUT2D eigenvalue weighted by Gasteiger charge is -2.04. The second-order valence-corrected chi connectivity index (χ2v) is 4.49. The third kappa shape index (κ3) is 1.90. The minimum atomic E-state index is 0.406. The van der Waals surface area contributed by atoms with Crippen LogP contribution in [0.5, 0.6) is 5.75 Å². The molecule has 2 aromatic heterocycles. The van der Waals surface area contributed by atoms with E-state index >= 15 is 0 Å². The summed E-state index contributed by atoms with van der Waals surface area (Å²) in [6.07, 6.45) is 1.89. The standard InChI is InChI=1S/C14H12ClN3O/c1-19-10-6-4-9(5-7-10)14-17-13(15)12-11(16)3-2-8-18(12)14/h2-8H,16H2,1H3. The number of fused-ring (bicyclic) bond motifs is 1. The topological polar surface area (TPSA) is 52.5 Å². The Labute approximate surface area is 115 Å². The summed E-state index contributed by atoms with van der Waals surface area (Å²) in [6.45, 7) is 0. The summed E-state index contributed by atoms with van der Waals surface area (Å²) in [6, 6.07) is 11.3. The minimum Gasteiger partial charge on any atom is -0.497 e. The summed E-state index contributed by atoms with van der Waals surface area (Å²) in [5.74, 6) is 1.56. The first-order valence-electron chi connectivity index (χ1n) is 5.77. The second kappa shape index (κ2) is 4.48. The summed E-state index contributed by atoms with van der Waals surface area (Å²) in [4.78, 5) is 4.38. The molecule has 5 heteroatoms. The molecule has 3 aromatic rings. The van der Waals surface area contributed by atoms with E-state index in [2.05, 4.69) is 4.98 Å². The molecule has 4 nitrogen and oxygen atoms in total. The van der Waals surface area contributed by atoms with Gasteiger partial charge in [0.2, 0.25) is 0 Å². The number of aromatic nitrogens is 2. The van der Waals surface area contributed by atoms with Crippen molar-refractivity contribution in [2.24, 2.45) is 0 Å². The lowest BCUT2D eigenvalue weighted by molar-refractivity contribution is 0.415. The van der Waals surface area contributed by atoms with Crippen LogP contribution in [0.1, 0.15) is 0 Å². The lowest BCUT2D eigenvalue weighted by atomic mass is 10.2. The summed E-state index contributed by atoms with van der Waals surface area (Å²) < 4.78 is 7.03. The van der Waals surface area contributed by atoms with Gasteiger partial charge >= 0.3 is 0 Å². The number of ether oxygens (including phenoxy) is 1. The van der Waals surface area contributed by atoms with Gasteiger partial charge in [-0.1, -0.05) is 11.6 Å². The Kier molecular flexibility index (Phi) is 2.80. The first-order chi connectivity index (χ1) is 9.20. The predicted octanol–water partition coefficient (Wildman–Crippen LogP) is 3.25. The van der Waals surface area contributed by atoms with Crippen molar-refractivity contribution in [3.8, 4) is 17.1 Å². The van der Waals surface area contributed by atoms with Crippen molar-refractivity contribution in [1.82, 2.24) is 9.38 Å². The van der Waals surface area contributed by atoms with Crippen LogP contribution >= 0.6 is 11.6 Å². The van der Waals surface area contributed by atoms with Crippen LogP contribution in [0.25, 0.3) is 16.9 Å². The first kappa shape index (κ1) is 11.9. The van der Waals surface area contributed by atoms with E-state index in [-0.39, 0.29) is 0 Å². The Morgan fingerprint density at radius 3 is 2.63 bits per heavy atom. The number of nitrogens with zero attached hydrogens (tertiary/aromatic N) is 2. The zero-order chi connectivity index (χ0) is 13.4. The van der Waals surface area contributed by atoms with E-state index in [4.69, 9.17) is 22.1 Å². The fraction of sp³-hybridized carbons (Fsp3) is 0.0714. The van der Waals surface area contributed by atoms with Crippen LogP contribution in [-0.4, -0.2) is 16.5 Å². The maximum absolute atomic E-state index is 6.15. The van der Waals surface area contributed by atoms with E-state index in [0.717, 1.165) is 22.7 Å². The number of halogens is 1. The van der Waals surface area contributed by atoms with E-state index in [1.54, 1.807) is 13.2 Å². The van der Waals surface area contributed by atoms with Crippen LogP contribution in [0, 0.1) is 0 Å². The predicted molar refractivity (Wildman–Crippen MR) is 76.6 cm³/mol. The molecule has 0 aliphatic rings. The van der Waals surface area contributed by atoms with Gasteiger partial charge in [-0.2, -0.15) is 0 Å². The molecule has 0 aliphatic heterocycles. The number of nitrogens with two attached hydrogens (primary N) is 1. The Bertz CT molecular complexity index is 734. The third-order valence-corrected chi connectivity index (χ3v) is 3.26. The molecule has 0 radical (unpaired) electrons. The molecule has 0 aliphatic carbocycles. The first-order valence-corrected chi connectivity index (χ1v) is 6.15. The van der Waals surface area contributed by atoms with Crippen molar-refractivity contribution in [2.75, 3.05) is 12.8 Å². The molecule has 2 N–H and O–H groups in total. The molecule has 0 spiro atoms. The normalized spacial score (nSPS) is 10.8. The quantitative estimate of drug-likeness (QED) is 0.780. The SMILES string of the molecule is COc1ccc(-c2nc(Cl)c3c(N)cccn23)cc1. The number of anilines is 1. The molecule has 0 bridgehead atoms. The van der Waals surface area contributed by atoms with Crippen molar-refractivity contribution >= 4 is 22.8 Å². The van der Waals surface area contributed by atoms with Gasteiger partial charge in [-0.3, -0.25) is 4.40 Å². The second-order valence-electron chi connectivity index (χ2n) is 4.14. The molecule has 19 heavy (non-hydrogen) atoms. The van der Waals surface area contributed by atoms with E-state index < -0.39 is 0 Å². The van der Waals surface area contributed by atoms with Gasteiger partial charge in [0.25, 0.3) is 0 Å². The van der Waals surface area contributed by atoms with Crippen LogP contribution in [-0.2, 0) is 0 Å². The number of hydrogen-bond acceptors (Lipinski definition) is 3. The number of hydrogen-bond donors (Lipinski definition) is 1. The van der Waals surface area contributed by atoms with Gasteiger partial charge in [0.1, 0.15) is 17.1 Å². The van der Waals surface area contributed by atoms with Gasteiger partial charge < -0.3 is 10.5 Å². The monoisotopic (exact) mass is 273 g/mol. The highest BCUT2D eigenvalue weighted by atomic mass is 35.5. The average Bonchev–Trinajstić information content (AvgIpc) is 2.78. The maximum atomic E-state index is 6.15.